The van der Waals surface area contributed by atoms with Crippen LogP contribution in [0, 0.1) is 0 Å². The van der Waals surface area contributed by atoms with Crippen molar-refractivity contribution in [1.82, 2.24) is 10.2 Å². The number of rotatable bonds is 10. The smallest absolute Gasteiger partial charge is 0.296 e. The normalized spacial score (nSPS) is 15.0. The van der Waals surface area contributed by atoms with Crippen molar-refractivity contribution in [3.63, 3.8) is 0 Å². The zero-order valence-electron chi connectivity index (χ0n) is 22.9. The van der Waals surface area contributed by atoms with Crippen molar-refractivity contribution in [2.24, 2.45) is 0 Å². The third kappa shape index (κ3) is 5.58. The number of anilines is 1. The maximum atomic E-state index is 14.0. The van der Waals surface area contributed by atoms with Gasteiger partial charge in [0.05, 0.1) is 25.3 Å². The van der Waals surface area contributed by atoms with E-state index in [1.807, 2.05) is 43.3 Å². The van der Waals surface area contributed by atoms with Crippen molar-refractivity contribution < 1.29 is 28.6 Å². The fraction of sp³-hybridized carbons (Fsp3) is 0.161. The Hall–Kier alpha value is -4.32. The van der Waals surface area contributed by atoms with Gasteiger partial charge >= 0.3 is 0 Å². The zero-order valence-corrected chi connectivity index (χ0v) is 25.3. The highest BCUT2D eigenvalue weighted by Gasteiger charge is 2.47. The van der Waals surface area contributed by atoms with Crippen molar-refractivity contribution >= 4 is 62.5 Å². The number of ether oxygens (including phenoxy) is 2. The Balaban J connectivity index is 1.39. The number of ketones is 1. The first-order valence-corrected chi connectivity index (χ1v) is 15.4. The molecule has 0 spiro atoms. The third-order valence-electron chi connectivity index (χ3n) is 6.78. The van der Waals surface area contributed by atoms with E-state index in [-0.39, 0.29) is 16.5 Å². The lowest BCUT2D eigenvalue weighted by atomic mass is 9.95. The van der Waals surface area contributed by atoms with Gasteiger partial charge in [0.2, 0.25) is 10.9 Å². The van der Waals surface area contributed by atoms with E-state index in [0.29, 0.717) is 44.4 Å². The summed E-state index contributed by atoms with van der Waals surface area (Å²) < 4.78 is 17.7. The number of halogens is 1. The summed E-state index contributed by atoms with van der Waals surface area (Å²) in [5.74, 6) is -0.569. The van der Waals surface area contributed by atoms with E-state index in [0.717, 1.165) is 10.9 Å². The molecule has 0 saturated heterocycles. The minimum absolute atomic E-state index is 0.00299. The van der Waals surface area contributed by atoms with Gasteiger partial charge in [0.15, 0.2) is 27.4 Å². The number of carbonyl (C=O) groups excluding carboxylic acids is 2. The van der Waals surface area contributed by atoms with Crippen LogP contribution in [-0.4, -0.2) is 40.7 Å². The van der Waals surface area contributed by atoms with E-state index in [1.54, 1.807) is 36.4 Å². The first kappa shape index (κ1) is 28.8. The number of amides is 1. The molecule has 3 heterocycles. The van der Waals surface area contributed by atoms with Crippen molar-refractivity contribution in [2.45, 2.75) is 23.1 Å². The van der Waals surface area contributed by atoms with E-state index >= 15 is 0 Å². The Morgan fingerprint density at radius 1 is 1.09 bits per heavy atom. The van der Waals surface area contributed by atoms with Gasteiger partial charge in [-0.3, -0.25) is 14.5 Å². The lowest BCUT2D eigenvalue weighted by Gasteiger charge is -2.24. The summed E-state index contributed by atoms with van der Waals surface area (Å²) in [5.41, 5.74) is 1.92. The second kappa shape index (κ2) is 12.1. The molecule has 43 heavy (non-hydrogen) atoms. The summed E-state index contributed by atoms with van der Waals surface area (Å²) in [7, 11) is 1.50. The summed E-state index contributed by atoms with van der Waals surface area (Å²) in [6.45, 7) is 2.27. The van der Waals surface area contributed by atoms with Crippen LogP contribution in [-0.2, 0) is 10.5 Å². The zero-order chi connectivity index (χ0) is 30.1. The molecule has 0 radical (unpaired) electrons. The first-order valence-electron chi connectivity index (χ1n) is 13.2. The van der Waals surface area contributed by atoms with E-state index in [4.69, 9.17) is 25.5 Å². The van der Waals surface area contributed by atoms with Crippen molar-refractivity contribution in [3.05, 3.63) is 106 Å². The van der Waals surface area contributed by atoms with Gasteiger partial charge in [0.1, 0.15) is 5.58 Å². The molecule has 1 N–H and O–H groups in total. The molecule has 0 unspecified atom stereocenters. The lowest BCUT2D eigenvalue weighted by molar-refractivity contribution is -0.117. The molecule has 2 aromatic heterocycles. The number of Topliss-reactive ketones (excluding diaryl/α,β-unsaturated/α-hetero) is 1. The number of fused-ring (bicyclic) bond motifs is 1. The fourth-order valence-electron chi connectivity index (χ4n) is 4.79. The van der Waals surface area contributed by atoms with Crippen LogP contribution in [0.2, 0.25) is 5.02 Å². The van der Waals surface area contributed by atoms with Crippen LogP contribution in [0.5, 0.6) is 11.5 Å². The first-order chi connectivity index (χ1) is 20.9. The van der Waals surface area contributed by atoms with Crippen LogP contribution in [0.15, 0.2) is 92.9 Å². The molecule has 1 atom stereocenters. The minimum atomic E-state index is -1.04. The predicted molar refractivity (Wildman–Crippen MR) is 166 cm³/mol. The number of aliphatic hydroxyl groups is 1. The number of hydrogen-bond donors (Lipinski definition) is 1. The standard InChI is InChI=1S/C31H24ClN3O6S2/c1-3-40-22-13-10-19(15-23(22)39-2)26-25(27(36)24-14-18-6-4-5-7-21(18)41-24)28(37)29(38)35(26)30-33-34-31(43-30)42-16-17-8-11-20(32)12-9-17/h4-15,26,37H,3,16H2,1-2H3/t26-/m0/s1. The van der Waals surface area contributed by atoms with Crippen molar-refractivity contribution in [1.29, 1.82) is 0 Å². The Morgan fingerprint density at radius 2 is 1.88 bits per heavy atom. The van der Waals surface area contributed by atoms with Crippen LogP contribution in [0.1, 0.15) is 34.6 Å². The summed E-state index contributed by atoms with van der Waals surface area (Å²) in [4.78, 5) is 28.9. The van der Waals surface area contributed by atoms with Crippen molar-refractivity contribution in [3.8, 4) is 11.5 Å². The van der Waals surface area contributed by atoms with Gasteiger partial charge in [-0.15, -0.1) is 10.2 Å². The van der Waals surface area contributed by atoms with Crippen LogP contribution < -0.4 is 14.4 Å². The molecular weight excluding hydrogens is 610 g/mol. The molecule has 0 bridgehead atoms. The average molecular weight is 634 g/mol. The van der Waals surface area contributed by atoms with Gasteiger partial charge in [0.25, 0.3) is 5.91 Å². The number of furan rings is 1. The van der Waals surface area contributed by atoms with Crippen LogP contribution in [0.25, 0.3) is 11.0 Å². The van der Waals surface area contributed by atoms with Crippen LogP contribution in [0.3, 0.4) is 0 Å². The quantitative estimate of drug-likeness (QED) is 0.0953. The molecule has 218 valence electrons. The molecular formula is C31H24ClN3O6S2. The summed E-state index contributed by atoms with van der Waals surface area (Å²) >= 11 is 8.63. The average Bonchev–Trinajstić information content (AvgIpc) is 3.73. The second-order valence-corrected chi connectivity index (χ2v) is 12.0. The topological polar surface area (TPSA) is 115 Å². The number of carbonyl (C=O) groups is 2. The summed E-state index contributed by atoms with van der Waals surface area (Å²) in [6.07, 6.45) is 0. The van der Waals surface area contributed by atoms with Gasteiger partial charge in [-0.25, -0.2) is 0 Å². The highest BCUT2D eigenvalue weighted by atomic mass is 35.5. The molecule has 9 nitrogen and oxygen atoms in total. The van der Waals surface area contributed by atoms with E-state index in [1.165, 1.54) is 35.1 Å². The highest BCUT2D eigenvalue weighted by Crippen LogP contribution is 2.45. The Morgan fingerprint density at radius 3 is 2.63 bits per heavy atom. The predicted octanol–water partition coefficient (Wildman–Crippen LogP) is 7.42. The molecule has 0 saturated carbocycles. The minimum Gasteiger partial charge on any atom is -0.503 e. The number of nitrogens with zero attached hydrogens (tertiary/aromatic N) is 3. The number of aromatic nitrogens is 2. The van der Waals surface area contributed by atoms with Gasteiger partial charge in [-0.2, -0.15) is 0 Å². The third-order valence-corrected chi connectivity index (χ3v) is 9.16. The maximum Gasteiger partial charge on any atom is 0.296 e. The number of thioether (sulfide) groups is 1. The van der Waals surface area contributed by atoms with Gasteiger partial charge in [0, 0.05) is 16.2 Å². The molecule has 1 amide bonds. The number of hydrogen-bond acceptors (Lipinski definition) is 10. The maximum absolute atomic E-state index is 14.0. The van der Waals surface area contributed by atoms with Crippen LogP contribution >= 0.6 is 34.7 Å². The SMILES string of the molecule is CCOc1ccc([C@H]2C(C(=O)c3cc4ccccc4o3)=C(O)C(=O)N2c2nnc(SCc3ccc(Cl)cc3)s2)cc1OC. The number of methoxy groups -OCH3 is 1. The highest BCUT2D eigenvalue weighted by molar-refractivity contribution is 8.00. The van der Waals surface area contributed by atoms with Gasteiger partial charge < -0.3 is 19.0 Å². The molecule has 0 fully saturated rings. The number of para-hydroxylation sites is 1. The molecule has 5 aromatic rings. The Bertz CT molecular complexity index is 1830. The molecule has 1 aliphatic rings. The molecule has 0 aliphatic carbocycles. The van der Waals surface area contributed by atoms with E-state index < -0.39 is 23.5 Å². The number of benzene rings is 3. The molecule has 1 aliphatic heterocycles. The van der Waals surface area contributed by atoms with E-state index in [2.05, 4.69) is 10.2 Å². The van der Waals surface area contributed by atoms with Gasteiger partial charge in [-0.05, 0) is 54.4 Å². The summed E-state index contributed by atoms with van der Waals surface area (Å²) in [5, 5.41) is 21.3. The molecule has 3 aromatic carbocycles. The number of aliphatic hydroxyl groups excluding tert-OH is 1. The Kier molecular flexibility index (Phi) is 8.11. The van der Waals surface area contributed by atoms with Crippen LogP contribution in [0.4, 0.5) is 5.13 Å². The largest absolute Gasteiger partial charge is 0.503 e. The fourth-order valence-corrected chi connectivity index (χ4v) is 6.74. The second-order valence-electron chi connectivity index (χ2n) is 9.43. The van der Waals surface area contributed by atoms with E-state index in [9.17, 15) is 14.7 Å². The van der Waals surface area contributed by atoms with Gasteiger partial charge in [-0.1, -0.05) is 71.1 Å². The van der Waals surface area contributed by atoms with Crippen molar-refractivity contribution in [2.75, 3.05) is 18.6 Å². The monoisotopic (exact) mass is 633 g/mol. The molecule has 6 rings (SSSR count). The molecule has 12 heteroatoms. The summed E-state index contributed by atoms with van der Waals surface area (Å²) in [6, 6.07) is 20.3. The lowest BCUT2D eigenvalue weighted by Crippen LogP contribution is -2.31. The Labute approximate surface area is 259 Å².